The van der Waals surface area contributed by atoms with Gasteiger partial charge in [-0.15, -0.1) is 10.2 Å². The summed E-state index contributed by atoms with van der Waals surface area (Å²) in [5.41, 5.74) is 0.0177. The maximum absolute atomic E-state index is 14.8. The maximum Gasteiger partial charge on any atom is 0.300 e. The van der Waals surface area contributed by atoms with E-state index in [0.29, 0.717) is 38.7 Å². The summed E-state index contributed by atoms with van der Waals surface area (Å²) < 4.78 is 20.4. The lowest BCUT2D eigenvalue weighted by Gasteiger charge is -2.34. The molecule has 184 valence electrons. The fourth-order valence-corrected chi connectivity index (χ4v) is 3.58. The van der Waals surface area contributed by atoms with Crippen LogP contribution in [0.1, 0.15) is 31.1 Å². The number of carbonyl (C=O) groups excluding carboxylic acids is 1. The molecule has 0 saturated carbocycles. The monoisotopic (exact) mass is 501 g/mol. The Bertz CT molecular complexity index is 1240. The first kappa shape index (κ1) is 24.5. The summed E-state index contributed by atoms with van der Waals surface area (Å²) in [5.74, 6) is -0.419. The average Bonchev–Trinajstić information content (AvgIpc) is 3.38. The van der Waals surface area contributed by atoms with Crippen LogP contribution in [0.4, 0.5) is 4.39 Å². The molecule has 0 atom stereocenters. The first-order chi connectivity index (χ1) is 16.5. The van der Waals surface area contributed by atoms with Gasteiger partial charge in [0, 0.05) is 32.4 Å². The van der Waals surface area contributed by atoms with Gasteiger partial charge in [0.05, 0.1) is 12.1 Å². The van der Waals surface area contributed by atoms with Gasteiger partial charge < -0.3 is 14.5 Å². The number of hydrogen-bond donors (Lipinski definition) is 0. The number of amides is 1. The van der Waals surface area contributed by atoms with Crippen molar-refractivity contribution in [3.05, 3.63) is 47.7 Å². The lowest BCUT2D eigenvalue weighted by atomic mass is 9.97. The van der Waals surface area contributed by atoms with Gasteiger partial charge in [-0.3, -0.25) is 4.79 Å². The number of hydrogen-bond acceptors (Lipinski definition) is 8. The minimum atomic E-state index is -0.690. The van der Waals surface area contributed by atoms with Crippen molar-refractivity contribution in [2.45, 2.75) is 27.3 Å². The van der Waals surface area contributed by atoms with Crippen molar-refractivity contribution < 1.29 is 13.9 Å². The minimum absolute atomic E-state index is 0.0553. The Morgan fingerprint density at radius 3 is 2.63 bits per heavy atom. The first-order valence-corrected chi connectivity index (χ1v) is 11.2. The number of nitrogens with zero attached hydrogens (tertiary/aromatic N) is 9. The SMILES string of the molecule is C=C(Cl)/N=C1/N=C(N2CCN(C(=O)c3cnc(-c4nnn(CC(C)(C)C)n4)c(F)c3)CC2)OC1=C. The molecular weight excluding hydrogens is 477 g/mol. The molecule has 0 bridgehead atoms. The van der Waals surface area contributed by atoms with Gasteiger partial charge in [0.15, 0.2) is 11.6 Å². The second-order valence-electron chi connectivity index (χ2n) is 9.27. The van der Waals surface area contributed by atoms with Crippen LogP contribution in [0, 0.1) is 11.2 Å². The van der Waals surface area contributed by atoms with Crippen LogP contribution in [0.25, 0.3) is 11.5 Å². The Balaban J connectivity index is 1.40. The van der Waals surface area contributed by atoms with Crippen LogP contribution in [0.5, 0.6) is 0 Å². The van der Waals surface area contributed by atoms with Gasteiger partial charge in [-0.1, -0.05) is 45.5 Å². The molecule has 11 nitrogen and oxygen atoms in total. The lowest BCUT2D eigenvalue weighted by Crippen LogP contribution is -2.50. The molecule has 4 rings (SSSR count). The van der Waals surface area contributed by atoms with Gasteiger partial charge in [-0.05, 0) is 16.7 Å². The molecule has 0 aliphatic carbocycles. The predicted molar refractivity (Wildman–Crippen MR) is 128 cm³/mol. The van der Waals surface area contributed by atoms with Crippen molar-refractivity contribution in [2.24, 2.45) is 15.4 Å². The number of aliphatic imine (C=N–C) groups is 2. The number of ether oxygens (including phenoxy) is 1. The number of pyridine rings is 1. The van der Waals surface area contributed by atoms with Crippen LogP contribution < -0.4 is 0 Å². The van der Waals surface area contributed by atoms with E-state index in [1.807, 2.05) is 25.7 Å². The molecule has 0 unspecified atom stereocenters. The van der Waals surface area contributed by atoms with E-state index >= 15 is 0 Å². The quantitative estimate of drug-likeness (QED) is 0.591. The second kappa shape index (κ2) is 9.53. The fraction of sp³-hybridized carbons (Fsp3) is 0.409. The van der Waals surface area contributed by atoms with Gasteiger partial charge in [-0.25, -0.2) is 14.4 Å². The van der Waals surface area contributed by atoms with Gasteiger partial charge in [0.25, 0.3) is 11.9 Å². The summed E-state index contributed by atoms with van der Waals surface area (Å²) in [6.45, 7) is 15.6. The standard InChI is InChI=1S/C22H25ClFN9O2/c1-13-18(26-14(2)23)27-21(35-13)32-8-6-31(7-9-32)20(34)15-10-16(24)17(25-11-15)19-28-30-33(29-19)12-22(3,4)5/h10-11H,1-2,6-9,12H2,3-5H3/b26-18+. The van der Waals surface area contributed by atoms with E-state index in [1.165, 1.54) is 11.0 Å². The van der Waals surface area contributed by atoms with E-state index in [0.717, 1.165) is 6.07 Å². The number of rotatable bonds is 4. The van der Waals surface area contributed by atoms with Crippen LogP contribution in [-0.2, 0) is 11.3 Å². The van der Waals surface area contributed by atoms with E-state index in [4.69, 9.17) is 16.3 Å². The van der Waals surface area contributed by atoms with Crippen LogP contribution >= 0.6 is 11.6 Å². The van der Waals surface area contributed by atoms with Crippen molar-refractivity contribution in [1.29, 1.82) is 0 Å². The maximum atomic E-state index is 14.8. The van der Waals surface area contributed by atoms with Crippen LogP contribution in [-0.4, -0.2) is 78.9 Å². The molecule has 2 aliphatic rings. The number of halogens is 2. The Morgan fingerprint density at radius 2 is 2.00 bits per heavy atom. The molecule has 2 aliphatic heterocycles. The average molecular weight is 502 g/mol. The highest BCUT2D eigenvalue weighted by Gasteiger charge is 2.30. The normalized spacial score (nSPS) is 17.6. The van der Waals surface area contributed by atoms with Crippen LogP contribution in [0.3, 0.4) is 0 Å². The van der Waals surface area contributed by atoms with E-state index in [1.54, 1.807) is 4.90 Å². The Kier molecular flexibility index (Phi) is 6.66. The molecule has 0 N–H and O–H groups in total. The molecule has 1 fully saturated rings. The van der Waals surface area contributed by atoms with E-state index in [-0.39, 0.29) is 45.2 Å². The second-order valence-corrected chi connectivity index (χ2v) is 9.71. The zero-order chi connectivity index (χ0) is 25.3. The fourth-order valence-electron chi connectivity index (χ4n) is 3.50. The molecular formula is C22H25ClFN9O2. The third-order valence-electron chi connectivity index (χ3n) is 5.10. The molecule has 1 saturated heterocycles. The lowest BCUT2D eigenvalue weighted by molar-refractivity contribution is 0.0678. The van der Waals surface area contributed by atoms with Crippen molar-refractivity contribution in [3.63, 3.8) is 0 Å². The van der Waals surface area contributed by atoms with Gasteiger partial charge in [0.1, 0.15) is 10.9 Å². The number of tetrazole rings is 1. The summed E-state index contributed by atoms with van der Waals surface area (Å²) in [6, 6.07) is 1.49. The Labute approximate surface area is 206 Å². The third kappa shape index (κ3) is 5.70. The van der Waals surface area contributed by atoms with Crippen LogP contribution in [0.2, 0.25) is 0 Å². The van der Waals surface area contributed by atoms with E-state index in [2.05, 4.69) is 43.5 Å². The topological polar surface area (TPSA) is 114 Å². The zero-order valence-electron chi connectivity index (χ0n) is 19.7. The Morgan fingerprint density at radius 1 is 1.29 bits per heavy atom. The van der Waals surface area contributed by atoms with Gasteiger partial charge in [0.2, 0.25) is 11.7 Å². The summed E-state index contributed by atoms with van der Waals surface area (Å²) in [4.78, 5) is 30.2. The molecule has 0 aromatic carbocycles. The zero-order valence-corrected chi connectivity index (χ0v) is 20.5. The van der Waals surface area contributed by atoms with E-state index < -0.39 is 5.82 Å². The highest BCUT2D eigenvalue weighted by Crippen LogP contribution is 2.21. The first-order valence-electron chi connectivity index (χ1n) is 10.9. The molecule has 0 spiro atoms. The number of piperazine rings is 1. The molecule has 4 heterocycles. The number of amidine groups is 2. The van der Waals surface area contributed by atoms with Gasteiger partial charge >= 0.3 is 0 Å². The van der Waals surface area contributed by atoms with Crippen molar-refractivity contribution in [3.8, 4) is 11.5 Å². The van der Waals surface area contributed by atoms with Crippen molar-refractivity contribution in [1.82, 2.24) is 35.0 Å². The third-order valence-corrected chi connectivity index (χ3v) is 5.18. The molecule has 0 radical (unpaired) electrons. The highest BCUT2D eigenvalue weighted by atomic mass is 35.5. The van der Waals surface area contributed by atoms with Gasteiger partial charge in [-0.2, -0.15) is 9.79 Å². The number of carbonyl (C=O) groups is 1. The summed E-state index contributed by atoms with van der Waals surface area (Å²) >= 11 is 5.70. The predicted octanol–water partition coefficient (Wildman–Crippen LogP) is 2.69. The summed E-state index contributed by atoms with van der Waals surface area (Å²) in [7, 11) is 0. The van der Waals surface area contributed by atoms with Crippen LogP contribution in [0.15, 0.2) is 46.3 Å². The molecule has 2 aromatic heterocycles. The number of aromatic nitrogens is 5. The molecule has 2 aromatic rings. The smallest absolute Gasteiger partial charge is 0.300 e. The largest absolute Gasteiger partial charge is 0.422 e. The van der Waals surface area contributed by atoms with Crippen molar-refractivity contribution >= 4 is 29.4 Å². The summed E-state index contributed by atoms with van der Waals surface area (Å²) in [6.07, 6.45) is 1.33. The Hall–Kier alpha value is -3.67. The summed E-state index contributed by atoms with van der Waals surface area (Å²) in [5, 5.41) is 12.1. The highest BCUT2D eigenvalue weighted by molar-refractivity contribution is 6.30. The molecule has 13 heteroatoms. The molecule has 35 heavy (non-hydrogen) atoms. The van der Waals surface area contributed by atoms with Crippen molar-refractivity contribution in [2.75, 3.05) is 26.2 Å². The minimum Gasteiger partial charge on any atom is -0.422 e. The molecule has 1 amide bonds. The van der Waals surface area contributed by atoms with E-state index in [9.17, 15) is 9.18 Å².